The molecule has 0 aliphatic rings. The molecule has 0 aliphatic carbocycles. The molecule has 80 valence electrons. The van der Waals surface area contributed by atoms with Crippen LogP contribution in [0.3, 0.4) is 0 Å². The van der Waals surface area contributed by atoms with Gasteiger partial charge in [-0.3, -0.25) is 0 Å². The SMILES string of the molecule is OCN(CO)Cn1nnc2ccccc21. The zero-order chi connectivity index (χ0) is 10.7. The van der Waals surface area contributed by atoms with Gasteiger partial charge in [-0.25, -0.2) is 9.58 Å². The van der Waals surface area contributed by atoms with E-state index in [1.165, 1.54) is 4.90 Å². The summed E-state index contributed by atoms with van der Waals surface area (Å²) in [5.41, 5.74) is 1.68. The highest BCUT2D eigenvalue weighted by Crippen LogP contribution is 2.09. The molecule has 1 heterocycles. The van der Waals surface area contributed by atoms with Crippen LogP contribution in [-0.4, -0.2) is 43.6 Å². The second-order valence-electron chi connectivity index (χ2n) is 3.17. The van der Waals surface area contributed by atoms with Crippen molar-refractivity contribution in [2.75, 3.05) is 13.5 Å². The van der Waals surface area contributed by atoms with Crippen LogP contribution in [0.15, 0.2) is 24.3 Å². The summed E-state index contributed by atoms with van der Waals surface area (Å²) in [5, 5.41) is 25.7. The summed E-state index contributed by atoms with van der Waals surface area (Å²) >= 11 is 0. The van der Waals surface area contributed by atoms with Crippen molar-refractivity contribution in [3.63, 3.8) is 0 Å². The van der Waals surface area contributed by atoms with Crippen molar-refractivity contribution in [2.24, 2.45) is 0 Å². The zero-order valence-electron chi connectivity index (χ0n) is 8.11. The fourth-order valence-corrected chi connectivity index (χ4v) is 1.35. The minimum absolute atomic E-state index is 0.218. The summed E-state index contributed by atoms with van der Waals surface area (Å²) in [4.78, 5) is 1.42. The van der Waals surface area contributed by atoms with Gasteiger partial charge >= 0.3 is 0 Å². The van der Waals surface area contributed by atoms with Gasteiger partial charge in [0.1, 0.15) is 5.52 Å². The number of aromatic nitrogens is 3. The van der Waals surface area contributed by atoms with E-state index in [0.717, 1.165) is 11.0 Å². The normalized spacial score (nSPS) is 11.4. The maximum Gasteiger partial charge on any atom is 0.113 e. The summed E-state index contributed by atoms with van der Waals surface area (Å²) in [7, 11) is 0. The lowest BCUT2D eigenvalue weighted by atomic mass is 10.3. The molecule has 1 aromatic heterocycles. The van der Waals surface area contributed by atoms with Gasteiger partial charge in [-0.2, -0.15) is 0 Å². The number of nitrogens with zero attached hydrogens (tertiary/aromatic N) is 4. The minimum Gasteiger partial charge on any atom is -0.381 e. The fourth-order valence-electron chi connectivity index (χ4n) is 1.35. The summed E-state index contributed by atoms with van der Waals surface area (Å²) < 4.78 is 1.63. The monoisotopic (exact) mass is 208 g/mol. The number of benzene rings is 1. The molecular formula is C9H12N4O2. The van der Waals surface area contributed by atoms with Gasteiger partial charge in [0, 0.05) is 0 Å². The average Bonchev–Trinajstić information content (AvgIpc) is 2.69. The third kappa shape index (κ3) is 1.96. The number of hydrogen-bond acceptors (Lipinski definition) is 5. The highest BCUT2D eigenvalue weighted by atomic mass is 16.3. The van der Waals surface area contributed by atoms with Crippen LogP contribution >= 0.6 is 0 Å². The van der Waals surface area contributed by atoms with Gasteiger partial charge in [-0.05, 0) is 12.1 Å². The molecule has 0 spiro atoms. The average molecular weight is 208 g/mol. The molecule has 0 atom stereocenters. The third-order valence-corrected chi connectivity index (χ3v) is 2.15. The van der Waals surface area contributed by atoms with Gasteiger partial charge < -0.3 is 10.2 Å². The number of aliphatic hydroxyl groups excluding tert-OH is 2. The van der Waals surface area contributed by atoms with Gasteiger partial charge in [0.2, 0.25) is 0 Å². The highest BCUT2D eigenvalue weighted by molar-refractivity contribution is 5.73. The van der Waals surface area contributed by atoms with Crippen LogP contribution in [0.25, 0.3) is 11.0 Å². The molecule has 0 amide bonds. The third-order valence-electron chi connectivity index (χ3n) is 2.15. The largest absolute Gasteiger partial charge is 0.381 e. The van der Waals surface area contributed by atoms with E-state index in [0.29, 0.717) is 6.67 Å². The van der Waals surface area contributed by atoms with Crippen LogP contribution in [0.4, 0.5) is 0 Å². The summed E-state index contributed by atoms with van der Waals surface area (Å²) in [6.07, 6.45) is 0. The molecule has 6 heteroatoms. The Kier molecular flexibility index (Phi) is 2.91. The van der Waals surface area contributed by atoms with Gasteiger partial charge in [-0.1, -0.05) is 17.3 Å². The molecular weight excluding hydrogens is 196 g/mol. The molecule has 0 aliphatic heterocycles. The second-order valence-corrected chi connectivity index (χ2v) is 3.17. The predicted molar refractivity (Wildman–Crippen MR) is 53.5 cm³/mol. The first kappa shape index (κ1) is 10.0. The lowest BCUT2D eigenvalue weighted by Gasteiger charge is -2.15. The van der Waals surface area contributed by atoms with Crippen LogP contribution < -0.4 is 0 Å². The molecule has 6 nitrogen and oxygen atoms in total. The van der Waals surface area contributed by atoms with Crippen molar-refractivity contribution >= 4 is 11.0 Å². The van der Waals surface area contributed by atoms with Crippen LogP contribution in [0, 0.1) is 0 Å². The van der Waals surface area contributed by atoms with Crippen molar-refractivity contribution < 1.29 is 10.2 Å². The van der Waals surface area contributed by atoms with Crippen molar-refractivity contribution in [3.05, 3.63) is 24.3 Å². The summed E-state index contributed by atoms with van der Waals surface area (Å²) in [5.74, 6) is 0. The molecule has 0 radical (unpaired) electrons. The smallest absolute Gasteiger partial charge is 0.113 e. The standard InChI is InChI=1S/C9H12N4O2/c14-6-12(7-15)5-13-9-4-2-1-3-8(9)10-11-13/h1-4,14-15H,5-7H2. The number of para-hydroxylation sites is 1. The molecule has 2 rings (SSSR count). The van der Waals surface area contributed by atoms with Crippen LogP contribution in [0.5, 0.6) is 0 Å². The Labute approximate surface area is 86.4 Å². The first-order valence-corrected chi connectivity index (χ1v) is 4.57. The maximum absolute atomic E-state index is 8.90. The predicted octanol–water partition coefficient (Wildman–Crippen LogP) is -0.410. The van der Waals surface area contributed by atoms with Gasteiger partial charge in [-0.15, -0.1) is 5.10 Å². The first-order valence-electron chi connectivity index (χ1n) is 4.57. The van der Waals surface area contributed by atoms with Crippen molar-refractivity contribution in [3.8, 4) is 0 Å². The zero-order valence-corrected chi connectivity index (χ0v) is 8.11. The maximum atomic E-state index is 8.90. The molecule has 0 bridgehead atoms. The molecule has 2 N–H and O–H groups in total. The van der Waals surface area contributed by atoms with Crippen LogP contribution in [0.2, 0.25) is 0 Å². The molecule has 0 fully saturated rings. The van der Waals surface area contributed by atoms with Crippen molar-refractivity contribution in [1.82, 2.24) is 19.9 Å². The topological polar surface area (TPSA) is 74.4 Å². The first-order chi connectivity index (χ1) is 7.35. The Balaban J connectivity index is 2.28. The van der Waals surface area contributed by atoms with E-state index in [-0.39, 0.29) is 13.5 Å². The Morgan fingerprint density at radius 1 is 1.20 bits per heavy atom. The van der Waals surface area contributed by atoms with Gasteiger partial charge in [0.25, 0.3) is 0 Å². The summed E-state index contributed by atoms with van der Waals surface area (Å²) in [6, 6.07) is 7.53. The molecule has 1 aromatic carbocycles. The molecule has 15 heavy (non-hydrogen) atoms. The van der Waals surface area contributed by atoms with E-state index in [4.69, 9.17) is 10.2 Å². The minimum atomic E-state index is -0.218. The van der Waals surface area contributed by atoms with Crippen LogP contribution in [0.1, 0.15) is 0 Å². The molecule has 0 unspecified atom stereocenters. The molecule has 0 saturated carbocycles. The van der Waals surface area contributed by atoms with Crippen molar-refractivity contribution in [1.29, 1.82) is 0 Å². The van der Waals surface area contributed by atoms with Gasteiger partial charge in [0.15, 0.2) is 0 Å². The van der Waals surface area contributed by atoms with E-state index in [9.17, 15) is 0 Å². The summed E-state index contributed by atoms with van der Waals surface area (Å²) in [6.45, 7) is -0.122. The number of hydrogen-bond donors (Lipinski definition) is 2. The number of aliphatic hydroxyl groups is 2. The number of rotatable bonds is 4. The second kappa shape index (κ2) is 4.35. The van der Waals surface area contributed by atoms with E-state index in [1.54, 1.807) is 4.68 Å². The molecule has 0 saturated heterocycles. The Morgan fingerprint density at radius 2 is 1.93 bits per heavy atom. The lowest BCUT2D eigenvalue weighted by Crippen LogP contribution is -2.28. The molecule has 2 aromatic rings. The highest BCUT2D eigenvalue weighted by Gasteiger charge is 2.06. The Hall–Kier alpha value is -1.50. The van der Waals surface area contributed by atoms with E-state index in [1.807, 2.05) is 24.3 Å². The van der Waals surface area contributed by atoms with Crippen LogP contribution in [-0.2, 0) is 6.67 Å². The number of fused-ring (bicyclic) bond motifs is 1. The van der Waals surface area contributed by atoms with Gasteiger partial charge in [0.05, 0.1) is 25.6 Å². The lowest BCUT2D eigenvalue weighted by molar-refractivity contribution is 0.00448. The Morgan fingerprint density at radius 3 is 2.67 bits per heavy atom. The van der Waals surface area contributed by atoms with Crippen molar-refractivity contribution in [2.45, 2.75) is 6.67 Å². The fraction of sp³-hybridized carbons (Fsp3) is 0.333. The quantitative estimate of drug-likeness (QED) is 0.668. The van der Waals surface area contributed by atoms with E-state index in [2.05, 4.69) is 10.3 Å². The van der Waals surface area contributed by atoms with E-state index >= 15 is 0 Å². The van der Waals surface area contributed by atoms with E-state index < -0.39 is 0 Å². The Bertz CT molecular complexity index is 438.